The molecule has 0 saturated carbocycles. The summed E-state index contributed by atoms with van der Waals surface area (Å²) in [5.41, 5.74) is 3.18. The van der Waals surface area contributed by atoms with Gasteiger partial charge in [-0.1, -0.05) is 47.5 Å². The third-order valence-electron chi connectivity index (χ3n) is 4.09. The zero-order valence-corrected chi connectivity index (χ0v) is 17.7. The molecule has 1 N–H and O–H groups in total. The molecule has 1 aromatic heterocycles. The molecule has 0 aliphatic rings. The average molecular weight is 435 g/mol. The lowest BCUT2D eigenvalue weighted by molar-refractivity contribution is -0.121. The fourth-order valence-corrected chi connectivity index (χ4v) is 3.98. The summed E-state index contributed by atoms with van der Waals surface area (Å²) in [4.78, 5) is 16.7. The van der Waals surface area contributed by atoms with Crippen molar-refractivity contribution >= 4 is 40.4 Å². The van der Waals surface area contributed by atoms with Crippen molar-refractivity contribution in [2.75, 3.05) is 6.61 Å². The highest BCUT2D eigenvalue weighted by atomic mass is 35.5. The number of thiazole rings is 1. The smallest absolute Gasteiger partial charge is 0.220 e. The number of rotatable bonds is 8. The van der Waals surface area contributed by atoms with E-state index in [1.165, 1.54) is 5.56 Å². The van der Waals surface area contributed by atoms with Gasteiger partial charge in [0.2, 0.25) is 5.91 Å². The fourth-order valence-electron chi connectivity index (χ4n) is 2.61. The van der Waals surface area contributed by atoms with Crippen molar-refractivity contribution in [3.63, 3.8) is 0 Å². The molecule has 28 heavy (non-hydrogen) atoms. The molecule has 0 spiro atoms. The van der Waals surface area contributed by atoms with Crippen LogP contribution in [0.4, 0.5) is 0 Å². The Bertz CT molecular complexity index is 959. The van der Waals surface area contributed by atoms with Crippen LogP contribution >= 0.6 is 34.5 Å². The highest BCUT2D eigenvalue weighted by Crippen LogP contribution is 2.28. The van der Waals surface area contributed by atoms with Crippen molar-refractivity contribution in [3.8, 4) is 16.3 Å². The van der Waals surface area contributed by atoms with E-state index in [9.17, 15) is 4.79 Å². The van der Waals surface area contributed by atoms with Gasteiger partial charge in [0, 0.05) is 22.4 Å². The number of nitrogens with zero attached hydrogens (tertiary/aromatic N) is 1. The van der Waals surface area contributed by atoms with E-state index in [2.05, 4.69) is 29.4 Å². The van der Waals surface area contributed by atoms with Gasteiger partial charge in [0.25, 0.3) is 0 Å². The number of benzene rings is 2. The summed E-state index contributed by atoms with van der Waals surface area (Å²) in [6.07, 6.45) is 0.969. The maximum absolute atomic E-state index is 12.0. The van der Waals surface area contributed by atoms with Crippen LogP contribution in [0.25, 0.3) is 10.6 Å². The van der Waals surface area contributed by atoms with Crippen molar-refractivity contribution in [1.82, 2.24) is 10.3 Å². The van der Waals surface area contributed by atoms with Crippen LogP contribution in [0.2, 0.25) is 10.0 Å². The first-order chi connectivity index (χ1) is 13.5. The second kappa shape index (κ2) is 9.92. The van der Waals surface area contributed by atoms with E-state index in [4.69, 9.17) is 27.9 Å². The Hall–Kier alpha value is -2.08. The van der Waals surface area contributed by atoms with Gasteiger partial charge in [-0.3, -0.25) is 4.79 Å². The number of nitrogens with one attached hydrogen (secondary N) is 1. The Morgan fingerprint density at radius 2 is 2.04 bits per heavy atom. The third kappa shape index (κ3) is 5.71. The van der Waals surface area contributed by atoms with Gasteiger partial charge in [-0.15, -0.1) is 11.3 Å². The van der Waals surface area contributed by atoms with Gasteiger partial charge in [0.05, 0.1) is 23.9 Å². The molecular weight excluding hydrogens is 415 g/mol. The molecule has 2 aromatic carbocycles. The van der Waals surface area contributed by atoms with Gasteiger partial charge >= 0.3 is 0 Å². The molecule has 0 bridgehead atoms. The van der Waals surface area contributed by atoms with Crippen molar-refractivity contribution in [2.45, 2.75) is 26.3 Å². The lowest BCUT2D eigenvalue weighted by atomic mass is 10.1. The molecule has 1 amide bonds. The Morgan fingerprint density at radius 3 is 2.82 bits per heavy atom. The van der Waals surface area contributed by atoms with Crippen LogP contribution < -0.4 is 10.1 Å². The molecule has 0 unspecified atom stereocenters. The number of hydrogen-bond donors (Lipinski definition) is 1. The van der Waals surface area contributed by atoms with Crippen molar-refractivity contribution in [2.24, 2.45) is 0 Å². The van der Waals surface area contributed by atoms with E-state index in [0.29, 0.717) is 41.8 Å². The molecule has 146 valence electrons. The molecule has 0 saturated heterocycles. The number of carbonyl (C=O) groups excluding carboxylic acids is 1. The predicted octanol–water partition coefficient (Wildman–Crippen LogP) is 5.90. The molecule has 0 fully saturated rings. The van der Waals surface area contributed by atoms with Crippen LogP contribution in [-0.4, -0.2) is 17.5 Å². The molecule has 7 heteroatoms. The maximum atomic E-state index is 12.0. The minimum atomic E-state index is -0.0313. The number of carbonyl (C=O) groups is 1. The Balaban J connectivity index is 1.41. The normalized spacial score (nSPS) is 10.7. The minimum absolute atomic E-state index is 0.0313. The third-order valence-corrected chi connectivity index (χ3v) is 5.55. The molecule has 0 aliphatic heterocycles. The number of aromatic nitrogens is 1. The quantitative estimate of drug-likeness (QED) is 0.448. The summed E-state index contributed by atoms with van der Waals surface area (Å²) < 4.78 is 5.59. The van der Waals surface area contributed by atoms with Crippen molar-refractivity contribution < 1.29 is 9.53 Å². The van der Waals surface area contributed by atoms with Gasteiger partial charge in [-0.25, -0.2) is 4.98 Å². The van der Waals surface area contributed by atoms with Gasteiger partial charge in [-0.05, 0) is 37.1 Å². The number of halogens is 2. The first kappa shape index (κ1) is 20.6. The second-order valence-electron chi connectivity index (χ2n) is 6.26. The molecule has 1 heterocycles. The average Bonchev–Trinajstić information content (AvgIpc) is 3.14. The Kier molecular flexibility index (Phi) is 7.31. The summed E-state index contributed by atoms with van der Waals surface area (Å²) >= 11 is 13.5. The second-order valence-corrected chi connectivity index (χ2v) is 7.96. The predicted molar refractivity (Wildman–Crippen MR) is 115 cm³/mol. The van der Waals surface area contributed by atoms with Crippen LogP contribution in [0.5, 0.6) is 5.75 Å². The van der Waals surface area contributed by atoms with Crippen LogP contribution in [-0.2, 0) is 11.3 Å². The summed E-state index contributed by atoms with van der Waals surface area (Å²) in [6.45, 7) is 2.89. The van der Waals surface area contributed by atoms with E-state index in [1.807, 2.05) is 17.5 Å². The largest absolute Gasteiger partial charge is 0.492 e. The molecule has 0 aliphatic carbocycles. The molecule has 3 aromatic rings. The van der Waals surface area contributed by atoms with E-state index >= 15 is 0 Å². The fraction of sp³-hybridized carbons (Fsp3) is 0.238. The standard InChI is InChI=1S/C21H20Cl2N2O2S/c1-14-5-2-3-6-17(14)21-25-16(13-28-21)12-24-20(26)7-4-10-27-19-9-8-15(22)11-18(19)23/h2-3,5-6,8-9,11,13H,4,7,10,12H2,1H3,(H,24,26). The summed E-state index contributed by atoms with van der Waals surface area (Å²) in [7, 11) is 0. The molecule has 0 atom stereocenters. The topological polar surface area (TPSA) is 51.2 Å². The van der Waals surface area contributed by atoms with Gasteiger partial charge in [0.15, 0.2) is 0 Å². The Labute approximate surface area is 178 Å². The zero-order chi connectivity index (χ0) is 19.9. The van der Waals surface area contributed by atoms with E-state index in [0.717, 1.165) is 16.3 Å². The number of hydrogen-bond acceptors (Lipinski definition) is 4. The van der Waals surface area contributed by atoms with Gasteiger partial charge in [-0.2, -0.15) is 0 Å². The molecular formula is C21H20Cl2N2O2S. The maximum Gasteiger partial charge on any atom is 0.220 e. The minimum Gasteiger partial charge on any atom is -0.492 e. The number of ether oxygens (including phenoxy) is 1. The van der Waals surface area contributed by atoms with Crippen LogP contribution in [0, 0.1) is 6.92 Å². The van der Waals surface area contributed by atoms with Crippen LogP contribution in [0.3, 0.4) is 0 Å². The monoisotopic (exact) mass is 434 g/mol. The summed E-state index contributed by atoms with van der Waals surface area (Å²) in [5, 5.41) is 6.87. The van der Waals surface area contributed by atoms with Crippen molar-refractivity contribution in [1.29, 1.82) is 0 Å². The van der Waals surface area contributed by atoms with Gasteiger partial charge in [0.1, 0.15) is 10.8 Å². The molecule has 4 nitrogen and oxygen atoms in total. The van der Waals surface area contributed by atoms with Crippen LogP contribution in [0.15, 0.2) is 47.8 Å². The van der Waals surface area contributed by atoms with Crippen molar-refractivity contribution in [3.05, 3.63) is 69.1 Å². The number of amides is 1. The summed E-state index contributed by atoms with van der Waals surface area (Å²) in [6, 6.07) is 13.2. The number of aryl methyl sites for hydroxylation is 1. The van der Waals surface area contributed by atoms with Crippen LogP contribution in [0.1, 0.15) is 24.1 Å². The first-order valence-electron chi connectivity index (χ1n) is 8.88. The Morgan fingerprint density at radius 1 is 1.21 bits per heavy atom. The van der Waals surface area contributed by atoms with Gasteiger partial charge < -0.3 is 10.1 Å². The lowest BCUT2D eigenvalue weighted by Gasteiger charge is -2.08. The summed E-state index contributed by atoms with van der Waals surface area (Å²) in [5.74, 6) is 0.536. The SMILES string of the molecule is Cc1ccccc1-c1nc(CNC(=O)CCCOc2ccc(Cl)cc2Cl)cs1. The van der Waals surface area contributed by atoms with E-state index in [-0.39, 0.29) is 5.91 Å². The van der Waals surface area contributed by atoms with E-state index in [1.54, 1.807) is 29.5 Å². The molecule has 3 rings (SSSR count). The first-order valence-corrected chi connectivity index (χ1v) is 10.5. The highest BCUT2D eigenvalue weighted by molar-refractivity contribution is 7.13. The molecule has 0 radical (unpaired) electrons. The highest BCUT2D eigenvalue weighted by Gasteiger charge is 2.09. The lowest BCUT2D eigenvalue weighted by Crippen LogP contribution is -2.23. The van der Waals surface area contributed by atoms with E-state index < -0.39 is 0 Å². The zero-order valence-electron chi connectivity index (χ0n) is 15.4.